The van der Waals surface area contributed by atoms with Crippen molar-refractivity contribution in [3.63, 3.8) is 0 Å². The van der Waals surface area contributed by atoms with Crippen LogP contribution in [-0.2, 0) is 14.9 Å². The summed E-state index contributed by atoms with van der Waals surface area (Å²) in [5.41, 5.74) is 9.96. The third kappa shape index (κ3) is 7.06. The summed E-state index contributed by atoms with van der Waals surface area (Å²) in [7, 11) is -4.42. The molecule has 0 spiro atoms. The molecule has 0 saturated carbocycles. The molecule has 0 amide bonds. The van der Waals surface area contributed by atoms with E-state index in [1.807, 2.05) is 0 Å². The van der Waals surface area contributed by atoms with Crippen molar-refractivity contribution >= 4 is 10.1 Å². The molecule has 1 unspecified atom stereocenters. The van der Waals surface area contributed by atoms with Gasteiger partial charge in [-0.25, -0.2) is 8.42 Å². The first-order valence-corrected chi connectivity index (χ1v) is 4.43. The molecule has 0 radical (unpaired) electrons. The number of rotatable bonds is 5. The molecule has 0 bridgehead atoms. The van der Waals surface area contributed by atoms with Crippen molar-refractivity contribution in [3.05, 3.63) is 0 Å². The second kappa shape index (κ2) is 6.86. The van der Waals surface area contributed by atoms with Crippen molar-refractivity contribution in [2.24, 2.45) is 11.5 Å². The average molecular weight is 190 g/mol. The first-order chi connectivity index (χ1) is 4.98. The molecule has 4 N–H and O–H groups in total. The fourth-order valence-electron chi connectivity index (χ4n) is 0.366. The summed E-state index contributed by atoms with van der Waals surface area (Å²) in [5, 5.41) is -1.49. The van der Waals surface area contributed by atoms with Crippen LogP contribution < -0.4 is 30.3 Å². The maximum atomic E-state index is 10.1. The van der Waals surface area contributed by atoms with Gasteiger partial charge in [-0.2, -0.15) is 0 Å². The Morgan fingerprint density at radius 1 is 1.50 bits per heavy atom. The molecular weight excluding hydrogens is 179 g/mol. The van der Waals surface area contributed by atoms with Crippen molar-refractivity contribution in [3.8, 4) is 0 Å². The summed E-state index contributed by atoms with van der Waals surface area (Å²) in [6.45, 7) is 0.165. The van der Waals surface area contributed by atoms with Gasteiger partial charge in [-0.15, -0.1) is 0 Å². The van der Waals surface area contributed by atoms with Crippen LogP contribution in [0, 0.1) is 0 Å². The Hall–Kier alpha value is 0.387. The summed E-state index contributed by atoms with van der Waals surface area (Å²) in [4.78, 5) is 0. The van der Waals surface area contributed by atoms with Gasteiger partial charge in [-0.1, -0.05) is 0 Å². The summed E-state index contributed by atoms with van der Waals surface area (Å²) >= 11 is 0. The van der Waals surface area contributed by atoms with Gasteiger partial charge in [0.15, 0.2) is 0 Å². The molecule has 12 heavy (non-hydrogen) atoms. The Balaban J connectivity index is 0. The molecule has 0 aromatic carbocycles. The van der Waals surface area contributed by atoms with Gasteiger partial charge in [0, 0.05) is 6.54 Å². The van der Waals surface area contributed by atoms with E-state index in [0.29, 0.717) is 0 Å². The number of hydrogen-bond acceptors (Lipinski definition) is 6. The van der Waals surface area contributed by atoms with Crippen LogP contribution in [0.2, 0.25) is 0 Å². The van der Waals surface area contributed by atoms with E-state index in [9.17, 15) is 13.0 Å². The van der Waals surface area contributed by atoms with Crippen molar-refractivity contribution in [2.45, 2.75) is 5.37 Å². The third-order valence-corrected chi connectivity index (χ3v) is 1.79. The number of ether oxygens (including phenoxy) is 1. The third-order valence-electron chi connectivity index (χ3n) is 0.915. The van der Waals surface area contributed by atoms with Crippen molar-refractivity contribution in [2.75, 3.05) is 19.8 Å². The van der Waals surface area contributed by atoms with Crippen molar-refractivity contribution < 1.29 is 36.6 Å². The number of hydrogen-bond donors (Lipinski definition) is 2. The van der Waals surface area contributed by atoms with Gasteiger partial charge in [0.25, 0.3) is 0 Å². The van der Waals surface area contributed by atoms with Crippen LogP contribution in [0.5, 0.6) is 0 Å². The summed E-state index contributed by atoms with van der Waals surface area (Å²) in [6, 6.07) is 0. The summed E-state index contributed by atoms with van der Waals surface area (Å²) in [5.74, 6) is 0. The van der Waals surface area contributed by atoms with Crippen LogP contribution in [0.3, 0.4) is 0 Å². The largest absolute Gasteiger partial charge is 1.00 e. The van der Waals surface area contributed by atoms with Gasteiger partial charge in [-0.05, 0) is 0 Å². The molecule has 0 saturated heterocycles. The normalized spacial score (nSPS) is 13.6. The molecule has 1 atom stereocenters. The van der Waals surface area contributed by atoms with Gasteiger partial charge in [0.2, 0.25) is 0 Å². The average Bonchev–Trinajstić information content (AvgIpc) is 1.86. The zero-order chi connectivity index (χ0) is 8.91. The van der Waals surface area contributed by atoms with Crippen LogP contribution in [0.4, 0.5) is 0 Å². The van der Waals surface area contributed by atoms with Crippen LogP contribution in [-0.4, -0.2) is 38.1 Å². The molecular formula is C4H11LiN2O4S. The molecule has 0 aliphatic rings. The van der Waals surface area contributed by atoms with E-state index in [1.165, 1.54) is 0 Å². The predicted molar refractivity (Wildman–Crippen MR) is 37.5 cm³/mol. The van der Waals surface area contributed by atoms with Gasteiger partial charge in [-0.3, -0.25) is 0 Å². The quantitative estimate of drug-likeness (QED) is 0.254. The van der Waals surface area contributed by atoms with E-state index in [4.69, 9.17) is 11.5 Å². The first-order valence-electron chi connectivity index (χ1n) is 2.96. The predicted octanol–water partition coefficient (Wildman–Crippen LogP) is -5.20. The summed E-state index contributed by atoms with van der Waals surface area (Å²) < 4.78 is 35.0. The maximum absolute atomic E-state index is 10.1. The SMILES string of the molecule is NCCOCC(N)S(=O)(=O)[O-].[Li+]. The summed E-state index contributed by atoms with van der Waals surface area (Å²) in [6.07, 6.45) is 0. The van der Waals surface area contributed by atoms with Crippen LogP contribution in [0.1, 0.15) is 0 Å². The molecule has 68 valence electrons. The van der Waals surface area contributed by atoms with Gasteiger partial charge < -0.3 is 20.8 Å². The Bertz CT molecular complexity index is 195. The van der Waals surface area contributed by atoms with E-state index in [1.54, 1.807) is 0 Å². The Labute approximate surface area is 83.6 Å². The van der Waals surface area contributed by atoms with Crippen molar-refractivity contribution in [1.82, 2.24) is 0 Å². The molecule has 6 nitrogen and oxygen atoms in total. The van der Waals surface area contributed by atoms with Gasteiger partial charge >= 0.3 is 18.9 Å². The smallest absolute Gasteiger partial charge is 0.747 e. The van der Waals surface area contributed by atoms with Crippen LogP contribution >= 0.6 is 0 Å². The zero-order valence-corrected chi connectivity index (χ0v) is 7.71. The second-order valence-corrected chi connectivity index (χ2v) is 3.49. The van der Waals surface area contributed by atoms with E-state index >= 15 is 0 Å². The van der Waals surface area contributed by atoms with E-state index in [2.05, 4.69) is 4.74 Å². The monoisotopic (exact) mass is 190 g/mol. The topological polar surface area (TPSA) is 118 Å². The maximum Gasteiger partial charge on any atom is 1.00 e. The first kappa shape index (κ1) is 14.9. The van der Waals surface area contributed by atoms with Crippen molar-refractivity contribution in [1.29, 1.82) is 0 Å². The minimum absolute atomic E-state index is 0. The van der Waals surface area contributed by atoms with Gasteiger partial charge in [0.1, 0.15) is 15.5 Å². The molecule has 0 aliphatic carbocycles. The molecule has 0 aliphatic heterocycles. The minimum Gasteiger partial charge on any atom is -0.747 e. The van der Waals surface area contributed by atoms with Gasteiger partial charge in [0.05, 0.1) is 13.2 Å². The van der Waals surface area contributed by atoms with E-state index in [-0.39, 0.29) is 38.6 Å². The molecule has 0 rings (SSSR count). The standard InChI is InChI=1S/C4H12N2O4S.Li/c5-1-2-10-3-4(6)11(7,8)9;/h4H,1-3,5-6H2,(H,7,8,9);/q;+1/p-1. The Kier molecular flexibility index (Phi) is 8.51. The zero-order valence-electron chi connectivity index (χ0n) is 6.89. The Morgan fingerprint density at radius 3 is 2.33 bits per heavy atom. The molecule has 0 fully saturated rings. The molecule has 0 aromatic heterocycles. The van der Waals surface area contributed by atoms with E-state index in [0.717, 1.165) is 0 Å². The molecule has 0 aromatic rings. The van der Waals surface area contributed by atoms with Crippen LogP contribution in [0.15, 0.2) is 0 Å². The molecule has 0 heterocycles. The number of nitrogens with two attached hydrogens (primary N) is 2. The van der Waals surface area contributed by atoms with E-state index < -0.39 is 15.5 Å². The second-order valence-electron chi connectivity index (χ2n) is 1.89. The van der Waals surface area contributed by atoms with Crippen LogP contribution in [0.25, 0.3) is 0 Å². The fraction of sp³-hybridized carbons (Fsp3) is 1.00. The molecule has 8 heteroatoms. The Morgan fingerprint density at radius 2 is 2.00 bits per heavy atom. The fourth-order valence-corrected chi connectivity index (χ4v) is 0.629. The minimum atomic E-state index is -4.42.